The highest BCUT2D eigenvalue weighted by molar-refractivity contribution is 7.80. The normalized spacial score (nSPS) is 10.0. The van der Waals surface area contributed by atoms with Gasteiger partial charge in [-0.15, -0.1) is 0 Å². The van der Waals surface area contributed by atoms with Gasteiger partial charge in [0.2, 0.25) is 0 Å². The molecule has 0 saturated heterocycles. The van der Waals surface area contributed by atoms with Crippen molar-refractivity contribution in [1.29, 1.82) is 0 Å². The predicted octanol–water partition coefficient (Wildman–Crippen LogP) is 3.86. The number of benzene rings is 2. The molecule has 2 aromatic carbocycles. The van der Waals surface area contributed by atoms with E-state index >= 15 is 0 Å². The highest BCUT2D eigenvalue weighted by Gasteiger charge is 2.16. The first-order chi connectivity index (χ1) is 12.3. The zero-order chi connectivity index (χ0) is 19.3. The number of nitrogens with one attached hydrogen (secondary N) is 2. The van der Waals surface area contributed by atoms with Crippen molar-refractivity contribution in [3.63, 3.8) is 0 Å². The minimum atomic E-state index is -0.614. The lowest BCUT2D eigenvalue weighted by Crippen LogP contribution is -2.21. The molecule has 0 spiro atoms. The lowest BCUT2D eigenvalue weighted by atomic mass is 10.1. The molecule has 0 amide bonds. The summed E-state index contributed by atoms with van der Waals surface area (Å²) in [7, 11) is 2.48. The number of rotatable bonds is 4. The second-order valence-corrected chi connectivity index (χ2v) is 5.77. The molecule has 9 heteroatoms. The molecule has 2 rings (SSSR count). The average Bonchev–Trinajstić information content (AvgIpc) is 2.63. The molecule has 0 atom stereocenters. The third-order valence-electron chi connectivity index (χ3n) is 3.27. The number of hydrogen-bond donors (Lipinski definition) is 2. The molecule has 0 aliphatic carbocycles. The van der Waals surface area contributed by atoms with Gasteiger partial charge in [0.15, 0.2) is 5.11 Å². The Morgan fingerprint density at radius 3 is 2.35 bits per heavy atom. The van der Waals surface area contributed by atoms with Gasteiger partial charge in [-0.05, 0) is 48.6 Å². The van der Waals surface area contributed by atoms with Gasteiger partial charge >= 0.3 is 11.9 Å². The molecular formula is C17H14ClFN2O4S. The van der Waals surface area contributed by atoms with Crippen LogP contribution in [0.3, 0.4) is 0 Å². The quantitative estimate of drug-likeness (QED) is 0.600. The molecule has 0 aliphatic heterocycles. The fourth-order valence-corrected chi connectivity index (χ4v) is 2.45. The molecule has 0 unspecified atom stereocenters. The van der Waals surface area contributed by atoms with Crippen LogP contribution < -0.4 is 10.6 Å². The summed E-state index contributed by atoms with van der Waals surface area (Å²) in [6.45, 7) is 0. The van der Waals surface area contributed by atoms with Crippen molar-refractivity contribution in [3.8, 4) is 0 Å². The maximum atomic E-state index is 13.2. The SMILES string of the molecule is COC(=O)c1ccc(C(=O)OC)c(NC(=S)Nc2ccc(F)c(Cl)c2)c1. The molecule has 0 aromatic heterocycles. The highest BCUT2D eigenvalue weighted by atomic mass is 35.5. The summed E-state index contributed by atoms with van der Waals surface area (Å²) in [4.78, 5) is 23.6. The van der Waals surface area contributed by atoms with Crippen LogP contribution >= 0.6 is 23.8 Å². The summed E-state index contributed by atoms with van der Waals surface area (Å²) in [6, 6.07) is 8.24. The summed E-state index contributed by atoms with van der Waals surface area (Å²) < 4.78 is 22.6. The molecule has 0 aliphatic rings. The Hall–Kier alpha value is -2.71. The van der Waals surface area contributed by atoms with Crippen molar-refractivity contribution >= 4 is 52.2 Å². The number of anilines is 2. The van der Waals surface area contributed by atoms with E-state index in [1.807, 2.05) is 0 Å². The van der Waals surface area contributed by atoms with Gasteiger partial charge in [-0.1, -0.05) is 11.6 Å². The van der Waals surface area contributed by atoms with E-state index in [0.29, 0.717) is 5.69 Å². The van der Waals surface area contributed by atoms with Crippen molar-refractivity contribution in [1.82, 2.24) is 0 Å². The molecule has 0 fully saturated rings. The first kappa shape index (κ1) is 19.6. The maximum absolute atomic E-state index is 13.2. The molecule has 6 nitrogen and oxygen atoms in total. The van der Waals surface area contributed by atoms with Crippen LogP contribution in [0.25, 0.3) is 0 Å². The van der Waals surface area contributed by atoms with Crippen molar-refractivity contribution in [2.24, 2.45) is 0 Å². The van der Waals surface area contributed by atoms with E-state index in [1.165, 1.54) is 50.6 Å². The van der Waals surface area contributed by atoms with Gasteiger partial charge in [-0.2, -0.15) is 0 Å². The van der Waals surface area contributed by atoms with Crippen LogP contribution in [-0.4, -0.2) is 31.3 Å². The Balaban J connectivity index is 2.27. The van der Waals surface area contributed by atoms with Gasteiger partial charge in [0, 0.05) is 5.69 Å². The van der Waals surface area contributed by atoms with Crippen LogP contribution in [-0.2, 0) is 9.47 Å². The Morgan fingerprint density at radius 1 is 1.04 bits per heavy atom. The zero-order valence-electron chi connectivity index (χ0n) is 13.8. The minimum Gasteiger partial charge on any atom is -0.465 e. The standard InChI is InChI=1S/C17H14ClFN2O4S/c1-24-15(22)9-3-5-11(16(23)25-2)14(7-9)21-17(26)20-10-4-6-13(19)12(18)8-10/h3-8H,1-2H3,(H2,20,21,26). The predicted molar refractivity (Wildman–Crippen MR) is 100 cm³/mol. The number of ether oxygens (including phenoxy) is 2. The summed E-state index contributed by atoms with van der Waals surface area (Å²) in [6.07, 6.45) is 0. The number of carbonyl (C=O) groups is 2. The van der Waals surface area contributed by atoms with Crippen molar-refractivity contribution < 1.29 is 23.5 Å². The van der Waals surface area contributed by atoms with Gasteiger partial charge in [0.1, 0.15) is 5.82 Å². The largest absolute Gasteiger partial charge is 0.465 e. The fourth-order valence-electron chi connectivity index (χ4n) is 2.04. The van der Waals surface area contributed by atoms with Gasteiger partial charge in [-0.25, -0.2) is 14.0 Å². The molecule has 0 radical (unpaired) electrons. The van der Waals surface area contributed by atoms with Crippen LogP contribution in [0.15, 0.2) is 36.4 Å². The molecule has 26 heavy (non-hydrogen) atoms. The Morgan fingerprint density at radius 2 is 1.73 bits per heavy atom. The van der Waals surface area contributed by atoms with E-state index in [-0.39, 0.29) is 26.9 Å². The fraction of sp³-hybridized carbons (Fsp3) is 0.118. The van der Waals surface area contributed by atoms with E-state index in [2.05, 4.69) is 15.4 Å². The maximum Gasteiger partial charge on any atom is 0.339 e. The first-order valence-electron chi connectivity index (χ1n) is 7.19. The van der Waals surface area contributed by atoms with E-state index in [9.17, 15) is 14.0 Å². The molecule has 0 heterocycles. The smallest absolute Gasteiger partial charge is 0.339 e. The summed E-state index contributed by atoms with van der Waals surface area (Å²) in [5.41, 5.74) is 1.07. The Bertz CT molecular complexity index is 876. The van der Waals surface area contributed by atoms with E-state index in [1.54, 1.807) is 0 Å². The lowest BCUT2D eigenvalue weighted by molar-refractivity contribution is 0.0587. The van der Waals surface area contributed by atoms with Gasteiger partial charge in [0.05, 0.1) is 36.1 Å². The van der Waals surface area contributed by atoms with Crippen LogP contribution in [0.1, 0.15) is 20.7 Å². The topological polar surface area (TPSA) is 76.7 Å². The molecule has 136 valence electrons. The summed E-state index contributed by atoms with van der Waals surface area (Å²) >= 11 is 10.9. The summed E-state index contributed by atoms with van der Waals surface area (Å²) in [5, 5.41) is 5.64. The van der Waals surface area contributed by atoms with Crippen LogP contribution in [0.4, 0.5) is 15.8 Å². The van der Waals surface area contributed by atoms with Gasteiger partial charge in [0.25, 0.3) is 0 Å². The van der Waals surface area contributed by atoms with Crippen LogP contribution in [0.2, 0.25) is 5.02 Å². The second-order valence-electron chi connectivity index (χ2n) is 4.95. The number of carbonyl (C=O) groups excluding carboxylic acids is 2. The third kappa shape index (κ3) is 4.68. The molecular weight excluding hydrogens is 383 g/mol. The monoisotopic (exact) mass is 396 g/mol. The summed E-state index contributed by atoms with van der Waals surface area (Å²) in [5.74, 6) is -1.75. The number of hydrogen-bond acceptors (Lipinski definition) is 5. The molecule has 2 aromatic rings. The first-order valence-corrected chi connectivity index (χ1v) is 7.98. The zero-order valence-corrected chi connectivity index (χ0v) is 15.3. The highest BCUT2D eigenvalue weighted by Crippen LogP contribution is 2.22. The van der Waals surface area contributed by atoms with Crippen LogP contribution in [0.5, 0.6) is 0 Å². The van der Waals surface area contributed by atoms with Gasteiger partial charge in [-0.3, -0.25) is 0 Å². The Kier molecular flexibility index (Phi) is 6.48. The van der Waals surface area contributed by atoms with Crippen molar-refractivity contribution in [2.75, 3.05) is 24.9 Å². The van der Waals surface area contributed by atoms with Crippen LogP contribution in [0, 0.1) is 5.82 Å². The number of thiocarbonyl (C=S) groups is 1. The number of esters is 2. The molecule has 0 bridgehead atoms. The third-order valence-corrected chi connectivity index (χ3v) is 3.77. The van der Waals surface area contributed by atoms with Gasteiger partial charge < -0.3 is 20.1 Å². The van der Waals surface area contributed by atoms with E-state index in [0.717, 1.165) is 0 Å². The Labute approximate surface area is 159 Å². The van der Waals surface area contributed by atoms with E-state index < -0.39 is 17.8 Å². The lowest BCUT2D eigenvalue weighted by Gasteiger charge is -2.14. The van der Waals surface area contributed by atoms with E-state index in [4.69, 9.17) is 28.6 Å². The average molecular weight is 397 g/mol. The number of methoxy groups -OCH3 is 2. The molecule has 0 saturated carbocycles. The van der Waals surface area contributed by atoms with Crippen molar-refractivity contribution in [2.45, 2.75) is 0 Å². The number of halogens is 2. The van der Waals surface area contributed by atoms with Crippen molar-refractivity contribution in [3.05, 3.63) is 58.4 Å². The second kappa shape index (κ2) is 8.59. The molecule has 2 N–H and O–H groups in total. The minimum absolute atomic E-state index is 0.0688.